The first kappa shape index (κ1) is 16.4. The third-order valence-corrected chi connectivity index (χ3v) is 3.97. The van der Waals surface area contributed by atoms with E-state index in [1.54, 1.807) is 18.2 Å². The number of ether oxygens (including phenoxy) is 2. The second-order valence-corrected chi connectivity index (χ2v) is 5.56. The molecule has 3 rings (SSSR count). The molecule has 1 fully saturated rings. The summed E-state index contributed by atoms with van der Waals surface area (Å²) >= 11 is 0. The zero-order valence-corrected chi connectivity index (χ0v) is 13.0. The van der Waals surface area contributed by atoms with Crippen molar-refractivity contribution in [3.05, 3.63) is 35.5 Å². The standard InChI is InChI=1S/C16H17F2N3O3/c1-22-11-5-2-4-10(13(11)23-15(17)18)6-7-12-20-14(21-24-12)16(19)8-3-9-16/h2,4-7,15H,3,8-9,19H2,1H3/b7-6+. The molecule has 0 saturated heterocycles. The van der Waals surface area contributed by atoms with E-state index in [-0.39, 0.29) is 17.4 Å². The van der Waals surface area contributed by atoms with Crippen molar-refractivity contribution in [1.29, 1.82) is 0 Å². The molecule has 128 valence electrons. The number of methoxy groups -OCH3 is 1. The van der Waals surface area contributed by atoms with Crippen LogP contribution in [0.4, 0.5) is 8.78 Å². The van der Waals surface area contributed by atoms with Crippen molar-refractivity contribution in [2.75, 3.05) is 7.11 Å². The van der Waals surface area contributed by atoms with Crippen LogP contribution in [0.2, 0.25) is 0 Å². The number of nitrogens with zero attached hydrogens (tertiary/aromatic N) is 2. The molecule has 1 aromatic heterocycles. The summed E-state index contributed by atoms with van der Waals surface area (Å²) in [6.45, 7) is -2.96. The maximum absolute atomic E-state index is 12.6. The highest BCUT2D eigenvalue weighted by molar-refractivity contribution is 5.72. The highest BCUT2D eigenvalue weighted by Gasteiger charge is 2.38. The summed E-state index contributed by atoms with van der Waals surface area (Å²) in [5.41, 5.74) is 6.02. The average molecular weight is 337 g/mol. The lowest BCUT2D eigenvalue weighted by Gasteiger charge is -2.34. The minimum atomic E-state index is -2.96. The Morgan fingerprint density at radius 1 is 1.33 bits per heavy atom. The van der Waals surface area contributed by atoms with Crippen LogP contribution >= 0.6 is 0 Å². The van der Waals surface area contributed by atoms with E-state index < -0.39 is 12.2 Å². The number of halogens is 2. The van der Waals surface area contributed by atoms with Gasteiger partial charge < -0.3 is 19.7 Å². The van der Waals surface area contributed by atoms with Crippen LogP contribution in [0.5, 0.6) is 11.5 Å². The molecule has 2 N–H and O–H groups in total. The summed E-state index contributed by atoms with van der Waals surface area (Å²) in [5, 5.41) is 3.89. The molecule has 6 nitrogen and oxygen atoms in total. The van der Waals surface area contributed by atoms with Crippen LogP contribution in [0.25, 0.3) is 12.2 Å². The van der Waals surface area contributed by atoms with Crippen LogP contribution in [-0.2, 0) is 5.54 Å². The largest absolute Gasteiger partial charge is 0.493 e. The smallest absolute Gasteiger partial charge is 0.387 e. The van der Waals surface area contributed by atoms with Crippen LogP contribution in [-0.4, -0.2) is 23.9 Å². The first-order valence-corrected chi connectivity index (χ1v) is 7.45. The van der Waals surface area contributed by atoms with Gasteiger partial charge >= 0.3 is 6.61 Å². The Kier molecular flexibility index (Phi) is 4.48. The van der Waals surface area contributed by atoms with E-state index in [0.29, 0.717) is 11.4 Å². The second kappa shape index (κ2) is 6.56. The zero-order valence-electron chi connectivity index (χ0n) is 13.0. The van der Waals surface area contributed by atoms with Crippen LogP contribution in [0.15, 0.2) is 22.7 Å². The van der Waals surface area contributed by atoms with Gasteiger partial charge in [-0.2, -0.15) is 13.8 Å². The van der Waals surface area contributed by atoms with Crippen molar-refractivity contribution in [1.82, 2.24) is 10.1 Å². The molecular formula is C16H17F2N3O3. The quantitative estimate of drug-likeness (QED) is 0.871. The maximum atomic E-state index is 12.6. The third-order valence-electron chi connectivity index (χ3n) is 3.97. The van der Waals surface area contributed by atoms with E-state index in [1.165, 1.54) is 19.3 Å². The second-order valence-electron chi connectivity index (χ2n) is 5.56. The molecule has 0 bridgehead atoms. The molecule has 0 spiro atoms. The molecule has 2 aromatic rings. The monoisotopic (exact) mass is 337 g/mol. The Morgan fingerprint density at radius 3 is 2.75 bits per heavy atom. The number of aromatic nitrogens is 2. The van der Waals surface area contributed by atoms with Gasteiger partial charge in [-0.05, 0) is 31.4 Å². The van der Waals surface area contributed by atoms with Gasteiger partial charge in [0.2, 0.25) is 0 Å². The van der Waals surface area contributed by atoms with Gasteiger partial charge in [-0.15, -0.1) is 0 Å². The van der Waals surface area contributed by atoms with Crippen molar-refractivity contribution in [2.45, 2.75) is 31.4 Å². The summed E-state index contributed by atoms with van der Waals surface area (Å²) in [4.78, 5) is 4.24. The minimum Gasteiger partial charge on any atom is -0.493 e. The van der Waals surface area contributed by atoms with Crippen LogP contribution in [0, 0.1) is 0 Å². The zero-order chi connectivity index (χ0) is 17.2. The van der Waals surface area contributed by atoms with Crippen molar-refractivity contribution >= 4 is 12.2 Å². The van der Waals surface area contributed by atoms with Crippen molar-refractivity contribution in [3.8, 4) is 11.5 Å². The number of benzene rings is 1. The molecule has 8 heteroatoms. The number of hydrogen-bond acceptors (Lipinski definition) is 6. The molecule has 1 aromatic carbocycles. The Morgan fingerprint density at radius 2 is 2.12 bits per heavy atom. The number of para-hydroxylation sites is 1. The van der Waals surface area contributed by atoms with Crippen molar-refractivity contribution in [2.24, 2.45) is 5.73 Å². The number of hydrogen-bond donors (Lipinski definition) is 1. The van der Waals surface area contributed by atoms with E-state index in [4.69, 9.17) is 15.0 Å². The molecule has 1 aliphatic rings. The van der Waals surface area contributed by atoms with Crippen molar-refractivity contribution in [3.63, 3.8) is 0 Å². The fourth-order valence-electron chi connectivity index (χ4n) is 2.49. The Bertz CT molecular complexity index is 742. The highest BCUT2D eigenvalue weighted by Crippen LogP contribution is 2.37. The number of alkyl halides is 2. The topological polar surface area (TPSA) is 83.4 Å². The summed E-state index contributed by atoms with van der Waals surface area (Å²) in [6.07, 6.45) is 5.73. The van der Waals surface area contributed by atoms with Gasteiger partial charge in [-0.3, -0.25) is 0 Å². The molecule has 1 aliphatic carbocycles. The molecule has 1 heterocycles. The lowest BCUT2D eigenvalue weighted by atomic mass is 9.77. The minimum absolute atomic E-state index is 0.0553. The summed E-state index contributed by atoms with van der Waals surface area (Å²) in [6, 6.07) is 4.82. The summed E-state index contributed by atoms with van der Waals surface area (Å²) in [5.74, 6) is 0.856. The van der Waals surface area contributed by atoms with Gasteiger partial charge in [-0.1, -0.05) is 17.3 Å². The number of rotatable bonds is 6. The maximum Gasteiger partial charge on any atom is 0.387 e. The molecule has 0 radical (unpaired) electrons. The van der Waals surface area contributed by atoms with Crippen LogP contribution < -0.4 is 15.2 Å². The predicted octanol–water partition coefficient (Wildman–Crippen LogP) is 3.19. The van der Waals surface area contributed by atoms with Gasteiger partial charge in [0.1, 0.15) is 0 Å². The Labute approximate surface area is 137 Å². The van der Waals surface area contributed by atoms with E-state index in [1.807, 2.05) is 0 Å². The molecule has 0 amide bonds. The van der Waals surface area contributed by atoms with Gasteiger partial charge in [0.05, 0.1) is 12.6 Å². The van der Waals surface area contributed by atoms with E-state index in [9.17, 15) is 8.78 Å². The Hall–Kier alpha value is -2.48. The summed E-state index contributed by atoms with van der Waals surface area (Å²) < 4.78 is 39.9. The SMILES string of the molecule is COc1cccc(/C=C/c2nc(C3(N)CCC3)no2)c1OC(F)F. The fourth-order valence-corrected chi connectivity index (χ4v) is 2.49. The lowest BCUT2D eigenvalue weighted by Crippen LogP contribution is -2.44. The molecule has 0 unspecified atom stereocenters. The van der Waals surface area contributed by atoms with Gasteiger partial charge in [0, 0.05) is 11.6 Å². The van der Waals surface area contributed by atoms with Crippen molar-refractivity contribution < 1.29 is 22.8 Å². The molecule has 0 aliphatic heterocycles. The van der Waals surface area contributed by atoms with E-state index >= 15 is 0 Å². The molecular weight excluding hydrogens is 320 g/mol. The molecule has 0 atom stereocenters. The summed E-state index contributed by atoms with van der Waals surface area (Å²) in [7, 11) is 1.38. The third kappa shape index (κ3) is 3.23. The highest BCUT2D eigenvalue weighted by atomic mass is 19.3. The fraction of sp³-hybridized carbons (Fsp3) is 0.375. The van der Waals surface area contributed by atoms with E-state index in [2.05, 4.69) is 14.9 Å². The predicted molar refractivity (Wildman–Crippen MR) is 82.6 cm³/mol. The first-order valence-electron chi connectivity index (χ1n) is 7.45. The molecule has 1 saturated carbocycles. The normalized spacial score (nSPS) is 16.4. The lowest BCUT2D eigenvalue weighted by molar-refractivity contribution is -0.0513. The van der Waals surface area contributed by atoms with Gasteiger partial charge in [0.15, 0.2) is 17.3 Å². The first-order chi connectivity index (χ1) is 11.5. The Balaban J connectivity index is 1.84. The van der Waals surface area contributed by atoms with Crippen LogP contribution in [0.1, 0.15) is 36.5 Å². The van der Waals surface area contributed by atoms with Gasteiger partial charge in [0.25, 0.3) is 5.89 Å². The van der Waals surface area contributed by atoms with E-state index in [0.717, 1.165) is 19.3 Å². The number of nitrogens with two attached hydrogens (primary N) is 1. The molecule has 24 heavy (non-hydrogen) atoms. The average Bonchev–Trinajstić information content (AvgIpc) is 3.00. The van der Waals surface area contributed by atoms with Crippen LogP contribution in [0.3, 0.4) is 0 Å². The van der Waals surface area contributed by atoms with Gasteiger partial charge in [-0.25, -0.2) is 0 Å².